The largest absolute Gasteiger partial charge is 0.369 e. The summed E-state index contributed by atoms with van der Waals surface area (Å²) in [5.74, 6) is 0. The van der Waals surface area contributed by atoms with E-state index in [-0.39, 0.29) is 11.0 Å². The molecule has 0 amide bonds. The standard InChI is InChI=1S/C27H27NO/c1-20-11-10-16-23-24(17-28(3)25(20)23)26(2)18-27(19-29-26,21-12-6-4-7-13-21)22-14-8-5-9-15-22/h4-17H,18-19H2,1-3H3. The van der Waals surface area contributed by atoms with Crippen LogP contribution in [0.1, 0.15) is 35.6 Å². The van der Waals surface area contributed by atoms with Crippen molar-refractivity contribution < 1.29 is 4.74 Å². The molecule has 1 fully saturated rings. The van der Waals surface area contributed by atoms with Gasteiger partial charge in [-0.1, -0.05) is 78.9 Å². The Morgan fingerprint density at radius 3 is 2.07 bits per heavy atom. The van der Waals surface area contributed by atoms with Crippen molar-refractivity contribution in [2.75, 3.05) is 6.61 Å². The molecule has 0 radical (unpaired) electrons. The van der Waals surface area contributed by atoms with Gasteiger partial charge in [0.25, 0.3) is 0 Å². The highest BCUT2D eigenvalue weighted by molar-refractivity contribution is 5.87. The maximum Gasteiger partial charge on any atom is 0.0937 e. The maximum atomic E-state index is 6.70. The van der Waals surface area contributed by atoms with Crippen LogP contribution in [-0.2, 0) is 22.8 Å². The SMILES string of the molecule is Cc1cccc2c(C3(C)CC(c4ccccc4)(c4ccccc4)CO3)cn(C)c12. The summed E-state index contributed by atoms with van der Waals surface area (Å²) < 4.78 is 8.95. The van der Waals surface area contributed by atoms with Crippen LogP contribution in [0.3, 0.4) is 0 Å². The van der Waals surface area contributed by atoms with Crippen LogP contribution in [0.2, 0.25) is 0 Å². The Labute approximate surface area is 172 Å². The van der Waals surface area contributed by atoms with Crippen molar-refractivity contribution >= 4 is 10.9 Å². The molecule has 0 spiro atoms. The van der Waals surface area contributed by atoms with Gasteiger partial charge in [-0.3, -0.25) is 0 Å². The van der Waals surface area contributed by atoms with Crippen LogP contribution in [0.15, 0.2) is 85.1 Å². The first-order valence-corrected chi connectivity index (χ1v) is 10.3. The average molecular weight is 382 g/mol. The number of hydrogen-bond donors (Lipinski definition) is 0. The number of benzene rings is 3. The highest BCUT2D eigenvalue weighted by atomic mass is 16.5. The average Bonchev–Trinajstić information content (AvgIpc) is 3.30. The predicted molar refractivity (Wildman–Crippen MR) is 119 cm³/mol. The molecule has 0 aliphatic carbocycles. The molecule has 0 bridgehead atoms. The van der Waals surface area contributed by atoms with Crippen LogP contribution in [0, 0.1) is 6.92 Å². The number of aryl methyl sites for hydroxylation is 2. The molecule has 1 aliphatic rings. The minimum atomic E-state index is -0.348. The summed E-state index contributed by atoms with van der Waals surface area (Å²) in [4.78, 5) is 0. The smallest absolute Gasteiger partial charge is 0.0937 e. The lowest BCUT2D eigenvalue weighted by molar-refractivity contribution is 0.0165. The van der Waals surface area contributed by atoms with Crippen molar-refractivity contribution in [3.63, 3.8) is 0 Å². The second-order valence-electron chi connectivity index (χ2n) is 8.64. The Hall–Kier alpha value is -2.84. The third-order valence-corrected chi connectivity index (χ3v) is 6.70. The molecule has 1 atom stereocenters. The van der Waals surface area contributed by atoms with Crippen LogP contribution in [0.4, 0.5) is 0 Å². The van der Waals surface area contributed by atoms with E-state index in [1.165, 1.54) is 33.2 Å². The molecule has 2 nitrogen and oxygen atoms in total. The van der Waals surface area contributed by atoms with Crippen LogP contribution in [0.5, 0.6) is 0 Å². The molecule has 1 aliphatic heterocycles. The summed E-state index contributed by atoms with van der Waals surface area (Å²) in [6.07, 6.45) is 3.19. The number of hydrogen-bond acceptors (Lipinski definition) is 1. The monoisotopic (exact) mass is 381 g/mol. The Morgan fingerprint density at radius 1 is 0.828 bits per heavy atom. The Kier molecular flexibility index (Phi) is 4.15. The molecule has 146 valence electrons. The quantitative estimate of drug-likeness (QED) is 0.418. The minimum Gasteiger partial charge on any atom is -0.369 e. The fraction of sp³-hybridized carbons (Fsp3) is 0.259. The fourth-order valence-electron chi connectivity index (χ4n) is 5.28. The van der Waals surface area contributed by atoms with Crippen LogP contribution in [-0.4, -0.2) is 11.2 Å². The first-order chi connectivity index (χ1) is 14.0. The molecule has 0 saturated carbocycles. The number of para-hydroxylation sites is 1. The van der Waals surface area contributed by atoms with Gasteiger partial charge in [0.15, 0.2) is 0 Å². The van der Waals surface area contributed by atoms with E-state index in [1.54, 1.807) is 0 Å². The summed E-state index contributed by atoms with van der Waals surface area (Å²) in [7, 11) is 2.14. The second-order valence-corrected chi connectivity index (χ2v) is 8.64. The Bertz CT molecular complexity index is 1120. The molecule has 2 heterocycles. The lowest BCUT2D eigenvalue weighted by Gasteiger charge is -2.31. The van der Waals surface area contributed by atoms with Gasteiger partial charge in [0.1, 0.15) is 0 Å². The minimum absolute atomic E-state index is 0.150. The second kappa shape index (κ2) is 6.60. The van der Waals surface area contributed by atoms with Crippen molar-refractivity contribution in [1.29, 1.82) is 0 Å². The molecule has 2 heteroatoms. The third-order valence-electron chi connectivity index (χ3n) is 6.70. The van der Waals surface area contributed by atoms with E-state index in [0.29, 0.717) is 6.61 Å². The van der Waals surface area contributed by atoms with Gasteiger partial charge in [0.05, 0.1) is 17.7 Å². The van der Waals surface area contributed by atoms with Gasteiger partial charge in [0.2, 0.25) is 0 Å². The van der Waals surface area contributed by atoms with Crippen molar-refractivity contribution in [3.05, 3.63) is 107 Å². The van der Waals surface area contributed by atoms with Crippen molar-refractivity contribution in [2.24, 2.45) is 7.05 Å². The molecular weight excluding hydrogens is 354 g/mol. The van der Waals surface area contributed by atoms with E-state index in [4.69, 9.17) is 4.74 Å². The molecule has 29 heavy (non-hydrogen) atoms. The predicted octanol–water partition coefficient (Wildman–Crippen LogP) is 6.11. The highest BCUT2D eigenvalue weighted by Crippen LogP contribution is 2.52. The number of rotatable bonds is 3. The fourth-order valence-corrected chi connectivity index (χ4v) is 5.28. The summed E-state index contributed by atoms with van der Waals surface area (Å²) >= 11 is 0. The van der Waals surface area contributed by atoms with Crippen molar-refractivity contribution in [3.8, 4) is 0 Å². The van der Waals surface area contributed by atoms with Crippen LogP contribution >= 0.6 is 0 Å². The van der Waals surface area contributed by atoms with E-state index >= 15 is 0 Å². The van der Waals surface area contributed by atoms with Crippen molar-refractivity contribution in [1.82, 2.24) is 4.57 Å². The van der Waals surface area contributed by atoms with E-state index in [0.717, 1.165) is 6.42 Å². The molecular formula is C27H27NO. The van der Waals surface area contributed by atoms with Gasteiger partial charge in [-0.05, 0) is 37.0 Å². The van der Waals surface area contributed by atoms with Gasteiger partial charge < -0.3 is 9.30 Å². The molecule has 3 aromatic carbocycles. The summed E-state index contributed by atoms with van der Waals surface area (Å²) in [5.41, 5.74) is 6.03. The summed E-state index contributed by atoms with van der Waals surface area (Å²) in [6, 6.07) is 28.3. The number of fused-ring (bicyclic) bond motifs is 1. The molecule has 4 aromatic rings. The first kappa shape index (κ1) is 18.2. The van der Waals surface area contributed by atoms with Gasteiger partial charge >= 0.3 is 0 Å². The number of ether oxygens (including phenoxy) is 1. The van der Waals surface area contributed by atoms with E-state index in [1.807, 2.05) is 0 Å². The third kappa shape index (κ3) is 2.74. The zero-order chi connectivity index (χ0) is 20.1. The molecule has 5 rings (SSSR count). The van der Waals surface area contributed by atoms with Crippen LogP contribution < -0.4 is 0 Å². The number of nitrogens with zero attached hydrogens (tertiary/aromatic N) is 1. The normalized spacial score (nSPS) is 20.9. The van der Waals surface area contributed by atoms with E-state index in [2.05, 4.69) is 111 Å². The Balaban J connectivity index is 1.68. The van der Waals surface area contributed by atoms with E-state index in [9.17, 15) is 0 Å². The van der Waals surface area contributed by atoms with Gasteiger partial charge in [0, 0.05) is 29.6 Å². The molecule has 1 aromatic heterocycles. The zero-order valence-electron chi connectivity index (χ0n) is 17.4. The maximum absolute atomic E-state index is 6.70. The zero-order valence-corrected chi connectivity index (χ0v) is 17.4. The van der Waals surface area contributed by atoms with Gasteiger partial charge in [-0.15, -0.1) is 0 Å². The number of aromatic nitrogens is 1. The highest BCUT2D eigenvalue weighted by Gasteiger charge is 2.50. The summed E-state index contributed by atoms with van der Waals surface area (Å²) in [5, 5.41) is 1.30. The Morgan fingerprint density at radius 2 is 1.45 bits per heavy atom. The van der Waals surface area contributed by atoms with Gasteiger partial charge in [-0.25, -0.2) is 0 Å². The lowest BCUT2D eigenvalue weighted by atomic mass is 9.70. The van der Waals surface area contributed by atoms with E-state index < -0.39 is 0 Å². The topological polar surface area (TPSA) is 14.2 Å². The van der Waals surface area contributed by atoms with Crippen LogP contribution in [0.25, 0.3) is 10.9 Å². The first-order valence-electron chi connectivity index (χ1n) is 10.3. The van der Waals surface area contributed by atoms with Gasteiger partial charge in [-0.2, -0.15) is 0 Å². The molecule has 1 unspecified atom stereocenters. The lowest BCUT2D eigenvalue weighted by Crippen LogP contribution is -2.30. The molecule has 0 N–H and O–H groups in total. The summed E-state index contributed by atoms with van der Waals surface area (Å²) in [6.45, 7) is 5.12. The van der Waals surface area contributed by atoms with Crippen molar-refractivity contribution in [2.45, 2.75) is 31.3 Å². The molecule has 1 saturated heterocycles.